The highest BCUT2D eigenvalue weighted by atomic mass is 19.1. The van der Waals surface area contributed by atoms with Crippen molar-refractivity contribution in [3.05, 3.63) is 67.8 Å². The molecule has 0 N–H and O–H groups in total. The summed E-state index contributed by atoms with van der Waals surface area (Å²) < 4.78 is 28.9. The SMILES string of the molecule is O=C(c1cc([N+](=O)[O-])ccc1F)N1CCN(c2cc(N3CCCCC3)c(F)cc2[N+](=O)[O-])CC1. The molecule has 0 bridgehead atoms. The first-order valence-electron chi connectivity index (χ1n) is 11.0. The average Bonchev–Trinajstić information content (AvgIpc) is 2.84. The fourth-order valence-corrected chi connectivity index (χ4v) is 4.43. The number of nitro benzene ring substituents is 2. The predicted octanol–water partition coefficient (Wildman–Crippen LogP) is 3.73. The molecule has 2 fully saturated rings. The Morgan fingerprint density at radius 2 is 1.41 bits per heavy atom. The molecule has 0 aliphatic carbocycles. The number of amides is 1. The molecule has 0 spiro atoms. The predicted molar refractivity (Wildman–Crippen MR) is 120 cm³/mol. The molecule has 10 nitrogen and oxygen atoms in total. The van der Waals surface area contributed by atoms with E-state index >= 15 is 0 Å². The van der Waals surface area contributed by atoms with Crippen molar-refractivity contribution in [2.75, 3.05) is 49.1 Å². The largest absolute Gasteiger partial charge is 0.369 e. The van der Waals surface area contributed by atoms with E-state index < -0.39 is 38.6 Å². The Morgan fingerprint density at radius 3 is 2.03 bits per heavy atom. The van der Waals surface area contributed by atoms with Crippen LogP contribution in [0, 0.1) is 31.9 Å². The second-order valence-electron chi connectivity index (χ2n) is 8.30. The summed E-state index contributed by atoms with van der Waals surface area (Å²) in [6, 6.07) is 5.20. The molecular formula is C22H23F2N5O5. The van der Waals surface area contributed by atoms with Crippen LogP contribution < -0.4 is 9.80 Å². The summed E-state index contributed by atoms with van der Waals surface area (Å²) in [7, 11) is 0. The summed E-state index contributed by atoms with van der Waals surface area (Å²) in [5, 5.41) is 22.6. The second-order valence-corrected chi connectivity index (χ2v) is 8.30. The van der Waals surface area contributed by atoms with Crippen LogP contribution in [0.15, 0.2) is 30.3 Å². The van der Waals surface area contributed by atoms with Gasteiger partial charge < -0.3 is 14.7 Å². The van der Waals surface area contributed by atoms with Crippen LogP contribution in [0.5, 0.6) is 0 Å². The quantitative estimate of drug-likeness (QED) is 0.478. The van der Waals surface area contributed by atoms with Crippen molar-refractivity contribution in [1.82, 2.24) is 4.90 Å². The number of halogens is 2. The number of anilines is 2. The van der Waals surface area contributed by atoms with E-state index in [0.29, 0.717) is 18.8 Å². The van der Waals surface area contributed by atoms with Gasteiger partial charge in [-0.2, -0.15) is 0 Å². The van der Waals surface area contributed by atoms with E-state index in [4.69, 9.17) is 0 Å². The lowest BCUT2D eigenvalue weighted by Gasteiger charge is -2.36. The number of piperazine rings is 1. The highest BCUT2D eigenvalue weighted by molar-refractivity contribution is 5.95. The fourth-order valence-electron chi connectivity index (χ4n) is 4.43. The van der Waals surface area contributed by atoms with E-state index in [-0.39, 0.29) is 37.6 Å². The molecule has 1 amide bonds. The minimum absolute atomic E-state index is 0.120. The molecule has 2 aliphatic heterocycles. The standard InChI is InChI=1S/C22H23F2N5O5/c23-17-5-4-15(28(31)32)12-16(17)22(30)27-10-8-26(9-11-27)20-14-19(25-6-2-1-3-7-25)18(24)13-21(20)29(33)34/h4-5,12-14H,1-3,6-11H2. The van der Waals surface area contributed by atoms with Gasteiger partial charge >= 0.3 is 0 Å². The second kappa shape index (κ2) is 9.57. The van der Waals surface area contributed by atoms with Crippen LogP contribution in [-0.2, 0) is 0 Å². The van der Waals surface area contributed by atoms with Gasteiger partial charge in [0.15, 0.2) is 5.82 Å². The molecule has 2 heterocycles. The molecule has 2 aliphatic rings. The van der Waals surface area contributed by atoms with Crippen LogP contribution in [0.1, 0.15) is 29.6 Å². The Kier molecular flexibility index (Phi) is 6.57. The van der Waals surface area contributed by atoms with Crippen molar-refractivity contribution >= 4 is 28.7 Å². The molecule has 34 heavy (non-hydrogen) atoms. The highest BCUT2D eigenvalue weighted by Crippen LogP contribution is 2.36. The normalized spacial score (nSPS) is 16.5. The third-order valence-electron chi connectivity index (χ3n) is 6.24. The average molecular weight is 475 g/mol. The molecule has 0 atom stereocenters. The number of piperidine rings is 1. The lowest BCUT2D eigenvalue weighted by Crippen LogP contribution is -2.49. The van der Waals surface area contributed by atoms with Gasteiger partial charge in [0.05, 0.1) is 27.2 Å². The molecule has 2 aromatic carbocycles. The van der Waals surface area contributed by atoms with Gasteiger partial charge in [-0.25, -0.2) is 8.78 Å². The van der Waals surface area contributed by atoms with Crippen molar-refractivity contribution in [1.29, 1.82) is 0 Å². The van der Waals surface area contributed by atoms with Crippen molar-refractivity contribution < 1.29 is 23.4 Å². The molecule has 0 unspecified atom stereocenters. The number of benzene rings is 2. The zero-order valence-corrected chi connectivity index (χ0v) is 18.3. The Morgan fingerprint density at radius 1 is 0.765 bits per heavy atom. The van der Waals surface area contributed by atoms with Crippen molar-refractivity contribution in [2.24, 2.45) is 0 Å². The number of rotatable bonds is 5. The first-order valence-corrected chi connectivity index (χ1v) is 11.0. The number of nitrogens with zero attached hydrogens (tertiary/aromatic N) is 5. The van der Waals surface area contributed by atoms with E-state index in [1.165, 1.54) is 11.0 Å². The van der Waals surface area contributed by atoms with E-state index in [0.717, 1.165) is 43.5 Å². The van der Waals surface area contributed by atoms with Gasteiger partial charge in [-0.05, 0) is 31.4 Å². The third-order valence-corrected chi connectivity index (χ3v) is 6.24. The summed E-state index contributed by atoms with van der Waals surface area (Å²) in [6.45, 7) is 1.99. The number of carbonyl (C=O) groups excluding carboxylic acids is 1. The lowest BCUT2D eigenvalue weighted by atomic mass is 10.1. The number of carbonyl (C=O) groups is 1. The van der Waals surface area contributed by atoms with Gasteiger partial charge in [0.1, 0.15) is 11.5 Å². The maximum absolute atomic E-state index is 14.7. The summed E-state index contributed by atoms with van der Waals surface area (Å²) in [5.41, 5.74) is -0.570. The number of non-ortho nitro benzene ring substituents is 1. The van der Waals surface area contributed by atoms with Gasteiger partial charge in [0.25, 0.3) is 17.3 Å². The number of hydrogen-bond donors (Lipinski definition) is 0. The van der Waals surface area contributed by atoms with Crippen LogP contribution in [0.25, 0.3) is 0 Å². The lowest BCUT2D eigenvalue weighted by molar-refractivity contribution is -0.385. The summed E-state index contributed by atoms with van der Waals surface area (Å²) in [5.74, 6) is -2.20. The topological polar surface area (TPSA) is 113 Å². The van der Waals surface area contributed by atoms with Gasteiger partial charge in [-0.1, -0.05) is 0 Å². The van der Waals surface area contributed by atoms with Crippen molar-refractivity contribution in [3.63, 3.8) is 0 Å². The zero-order chi connectivity index (χ0) is 24.4. The molecule has 180 valence electrons. The Bertz CT molecular complexity index is 1130. The summed E-state index contributed by atoms with van der Waals surface area (Å²) >= 11 is 0. The van der Waals surface area contributed by atoms with Crippen LogP contribution in [0.4, 0.5) is 31.5 Å². The molecular weight excluding hydrogens is 452 g/mol. The molecule has 0 radical (unpaired) electrons. The smallest absolute Gasteiger partial charge is 0.295 e. The molecule has 0 saturated carbocycles. The Labute approximate surface area is 193 Å². The number of hydrogen-bond acceptors (Lipinski definition) is 7. The van der Waals surface area contributed by atoms with Gasteiger partial charge in [-0.15, -0.1) is 0 Å². The minimum Gasteiger partial charge on any atom is -0.369 e. The van der Waals surface area contributed by atoms with E-state index in [1.54, 1.807) is 4.90 Å². The zero-order valence-electron chi connectivity index (χ0n) is 18.3. The van der Waals surface area contributed by atoms with E-state index in [1.807, 2.05) is 4.90 Å². The van der Waals surface area contributed by atoms with Crippen LogP contribution in [0.2, 0.25) is 0 Å². The monoisotopic (exact) mass is 475 g/mol. The highest BCUT2D eigenvalue weighted by Gasteiger charge is 2.30. The molecule has 12 heteroatoms. The van der Waals surface area contributed by atoms with Crippen LogP contribution in [0.3, 0.4) is 0 Å². The van der Waals surface area contributed by atoms with Gasteiger partial charge in [0, 0.05) is 51.4 Å². The maximum atomic E-state index is 14.7. The fraction of sp³-hybridized carbons (Fsp3) is 0.409. The van der Waals surface area contributed by atoms with Crippen LogP contribution >= 0.6 is 0 Å². The number of nitro groups is 2. The Hall–Kier alpha value is -3.83. The minimum atomic E-state index is -0.863. The van der Waals surface area contributed by atoms with Gasteiger partial charge in [0.2, 0.25) is 0 Å². The van der Waals surface area contributed by atoms with Crippen molar-refractivity contribution in [3.8, 4) is 0 Å². The van der Waals surface area contributed by atoms with Crippen molar-refractivity contribution in [2.45, 2.75) is 19.3 Å². The van der Waals surface area contributed by atoms with Gasteiger partial charge in [-0.3, -0.25) is 25.0 Å². The van der Waals surface area contributed by atoms with Crippen LogP contribution in [-0.4, -0.2) is 59.9 Å². The third kappa shape index (κ3) is 4.61. The molecule has 2 aromatic rings. The molecule has 0 aromatic heterocycles. The van der Waals surface area contributed by atoms with E-state index in [9.17, 15) is 33.8 Å². The summed E-state index contributed by atoms with van der Waals surface area (Å²) in [6.07, 6.45) is 2.89. The maximum Gasteiger partial charge on any atom is 0.295 e. The first kappa shape index (κ1) is 23.3. The Balaban J connectivity index is 1.55. The molecule has 2 saturated heterocycles. The molecule has 4 rings (SSSR count). The first-order chi connectivity index (χ1) is 16.3. The summed E-state index contributed by atoms with van der Waals surface area (Å²) in [4.78, 5) is 39.0. The van der Waals surface area contributed by atoms with E-state index in [2.05, 4.69) is 0 Å².